The van der Waals surface area contributed by atoms with Crippen molar-refractivity contribution in [2.24, 2.45) is 11.7 Å². The predicted molar refractivity (Wildman–Crippen MR) is 77.5 cm³/mol. The first-order valence-corrected chi connectivity index (χ1v) is 6.89. The van der Waals surface area contributed by atoms with Gasteiger partial charge < -0.3 is 25.8 Å². The van der Waals surface area contributed by atoms with Crippen molar-refractivity contribution in [1.82, 2.24) is 9.97 Å². The van der Waals surface area contributed by atoms with Gasteiger partial charge in [-0.2, -0.15) is 0 Å². The van der Waals surface area contributed by atoms with Gasteiger partial charge in [0.25, 0.3) is 0 Å². The molecule has 0 aliphatic carbocycles. The van der Waals surface area contributed by atoms with Crippen molar-refractivity contribution < 1.29 is 9.53 Å². The van der Waals surface area contributed by atoms with Crippen LogP contribution in [0.2, 0.25) is 0 Å². The average molecular weight is 341 g/mol. The first-order valence-electron chi connectivity index (χ1n) is 6.10. The number of nitrogens with two attached hydrogens (primary N) is 1. The summed E-state index contributed by atoms with van der Waals surface area (Å²) in [7, 11) is 0. The van der Waals surface area contributed by atoms with Crippen LogP contribution in [0.1, 0.15) is 0 Å². The average Bonchev–Trinajstić information content (AvgIpc) is 2.94. The zero-order valence-corrected chi connectivity index (χ0v) is 12.0. The van der Waals surface area contributed by atoms with E-state index in [1.165, 1.54) is 0 Å². The highest BCUT2D eigenvalue weighted by molar-refractivity contribution is 9.10. The molecule has 1 aromatic carbocycles. The number of aromatic nitrogens is 2. The lowest BCUT2D eigenvalue weighted by molar-refractivity contribution is -0.120. The highest BCUT2D eigenvalue weighted by Gasteiger charge is 2.31. The van der Waals surface area contributed by atoms with Crippen LogP contribution in [-0.4, -0.2) is 35.1 Å². The maximum Gasteiger partial charge on any atom is 0.323 e. The quantitative estimate of drug-likeness (QED) is 0.638. The van der Waals surface area contributed by atoms with Gasteiger partial charge in [-0.1, -0.05) is 0 Å². The van der Waals surface area contributed by atoms with E-state index >= 15 is 0 Å². The Morgan fingerprint density at radius 2 is 2.05 bits per heavy atom. The van der Waals surface area contributed by atoms with E-state index in [0.29, 0.717) is 34.4 Å². The smallest absolute Gasteiger partial charge is 0.323 e. The van der Waals surface area contributed by atoms with Crippen molar-refractivity contribution in [3.63, 3.8) is 0 Å². The zero-order valence-electron chi connectivity index (χ0n) is 10.4. The molecule has 2 atom stereocenters. The van der Waals surface area contributed by atoms with Crippen molar-refractivity contribution in [1.29, 1.82) is 0 Å². The van der Waals surface area contributed by atoms with E-state index in [1.807, 2.05) is 0 Å². The van der Waals surface area contributed by atoms with Crippen LogP contribution in [0.15, 0.2) is 21.4 Å². The molecule has 0 bridgehead atoms. The molecule has 3 rings (SSSR count). The molecule has 1 aromatic heterocycles. The normalized spacial score (nSPS) is 22.3. The number of ether oxygens (including phenoxy) is 1. The molecular formula is C12H13BrN4O3. The summed E-state index contributed by atoms with van der Waals surface area (Å²) in [6.45, 7) is 0.720. The minimum atomic E-state index is -0.358. The molecule has 106 valence electrons. The van der Waals surface area contributed by atoms with Gasteiger partial charge in [0.1, 0.15) is 0 Å². The largest absolute Gasteiger partial charge is 0.379 e. The third-order valence-corrected chi connectivity index (χ3v) is 3.98. The molecule has 0 radical (unpaired) electrons. The van der Waals surface area contributed by atoms with Crippen LogP contribution in [0, 0.1) is 5.92 Å². The predicted octanol–water partition coefficient (Wildman–Crippen LogP) is 0.531. The number of amides is 1. The highest BCUT2D eigenvalue weighted by Crippen LogP contribution is 2.27. The number of fused-ring (bicyclic) bond motifs is 1. The topological polar surface area (TPSA) is 113 Å². The maximum atomic E-state index is 12.1. The number of rotatable bonds is 2. The molecule has 2 unspecified atom stereocenters. The number of nitrogens with one attached hydrogen (secondary N) is 3. The summed E-state index contributed by atoms with van der Waals surface area (Å²) < 4.78 is 5.86. The molecule has 8 heteroatoms. The summed E-state index contributed by atoms with van der Waals surface area (Å²) in [5, 5.41) is 2.80. The first kappa shape index (κ1) is 13.3. The number of carbonyl (C=O) groups is 1. The van der Waals surface area contributed by atoms with Gasteiger partial charge in [-0.3, -0.25) is 4.79 Å². The Morgan fingerprint density at radius 3 is 2.70 bits per heavy atom. The lowest BCUT2D eigenvalue weighted by Gasteiger charge is -2.14. The number of aromatic amines is 2. The van der Waals surface area contributed by atoms with Crippen molar-refractivity contribution in [3.8, 4) is 0 Å². The molecule has 0 spiro atoms. The van der Waals surface area contributed by atoms with Gasteiger partial charge in [0.05, 0.1) is 35.9 Å². The van der Waals surface area contributed by atoms with E-state index < -0.39 is 0 Å². The fourth-order valence-electron chi connectivity index (χ4n) is 2.22. The Hall–Kier alpha value is -1.64. The number of imidazole rings is 1. The van der Waals surface area contributed by atoms with Gasteiger partial charge in [0.15, 0.2) is 0 Å². The molecule has 1 aliphatic heterocycles. The molecule has 0 saturated carbocycles. The number of H-pyrrole nitrogens is 2. The second kappa shape index (κ2) is 5.04. The van der Waals surface area contributed by atoms with Crippen LogP contribution in [0.4, 0.5) is 5.69 Å². The van der Waals surface area contributed by atoms with Gasteiger partial charge in [0.2, 0.25) is 5.91 Å². The van der Waals surface area contributed by atoms with Crippen molar-refractivity contribution in [2.45, 2.75) is 6.04 Å². The Labute approximate surface area is 122 Å². The van der Waals surface area contributed by atoms with E-state index in [1.54, 1.807) is 12.1 Å². The second-order valence-corrected chi connectivity index (χ2v) is 5.61. The summed E-state index contributed by atoms with van der Waals surface area (Å²) in [6, 6.07) is 3.13. The van der Waals surface area contributed by atoms with Crippen LogP contribution in [0.5, 0.6) is 0 Å². The number of anilines is 1. The van der Waals surface area contributed by atoms with E-state index in [9.17, 15) is 9.59 Å². The number of hydrogen-bond donors (Lipinski definition) is 4. The molecule has 1 amide bonds. The van der Waals surface area contributed by atoms with Gasteiger partial charge in [-0.15, -0.1) is 0 Å². The van der Waals surface area contributed by atoms with Crippen LogP contribution in [0.25, 0.3) is 11.0 Å². The molecule has 1 fully saturated rings. The third kappa shape index (κ3) is 2.37. The minimum Gasteiger partial charge on any atom is -0.379 e. The molecular weight excluding hydrogens is 328 g/mol. The monoisotopic (exact) mass is 340 g/mol. The van der Waals surface area contributed by atoms with E-state index in [4.69, 9.17) is 10.5 Å². The first-order chi connectivity index (χ1) is 9.54. The van der Waals surface area contributed by atoms with Crippen molar-refractivity contribution >= 4 is 38.6 Å². The molecule has 20 heavy (non-hydrogen) atoms. The standard InChI is InChI=1S/C12H13BrN4O3/c13-6-1-9-10(17-12(19)16-9)2-8(6)15-11(18)5-3-20-4-7(5)14/h1-2,5,7H,3-4,14H2,(H,15,18)(H2,16,17,19). The van der Waals surface area contributed by atoms with Gasteiger partial charge >= 0.3 is 5.69 Å². The fraction of sp³-hybridized carbons (Fsp3) is 0.333. The Morgan fingerprint density at radius 1 is 1.35 bits per heavy atom. The van der Waals surface area contributed by atoms with E-state index in [-0.39, 0.29) is 23.6 Å². The molecule has 5 N–H and O–H groups in total. The SMILES string of the molecule is NC1COCC1C(=O)Nc1cc2[nH]c(=O)[nH]c2cc1Br. The van der Waals surface area contributed by atoms with Crippen LogP contribution in [0.3, 0.4) is 0 Å². The minimum absolute atomic E-state index is 0.187. The van der Waals surface area contributed by atoms with Crippen LogP contribution in [-0.2, 0) is 9.53 Å². The van der Waals surface area contributed by atoms with Gasteiger partial charge in [0, 0.05) is 10.5 Å². The van der Waals surface area contributed by atoms with Gasteiger partial charge in [-0.05, 0) is 28.1 Å². The second-order valence-electron chi connectivity index (χ2n) is 4.75. The van der Waals surface area contributed by atoms with Crippen LogP contribution >= 0.6 is 15.9 Å². The van der Waals surface area contributed by atoms with E-state index in [0.717, 1.165) is 0 Å². The number of hydrogen-bond acceptors (Lipinski definition) is 4. The van der Waals surface area contributed by atoms with Crippen LogP contribution < -0.4 is 16.7 Å². The Kier molecular flexibility index (Phi) is 3.36. The molecule has 1 aliphatic rings. The lowest BCUT2D eigenvalue weighted by Crippen LogP contribution is -2.37. The number of carbonyl (C=O) groups excluding carboxylic acids is 1. The third-order valence-electron chi connectivity index (χ3n) is 3.32. The number of benzene rings is 1. The van der Waals surface area contributed by atoms with E-state index in [2.05, 4.69) is 31.2 Å². The lowest BCUT2D eigenvalue weighted by atomic mass is 10.0. The molecule has 2 heterocycles. The zero-order chi connectivity index (χ0) is 14.3. The molecule has 7 nitrogen and oxygen atoms in total. The summed E-state index contributed by atoms with van der Waals surface area (Å²) in [6.07, 6.45) is 0. The summed E-state index contributed by atoms with van der Waals surface area (Å²) in [4.78, 5) is 28.7. The Balaban J connectivity index is 1.88. The number of halogens is 1. The fourth-order valence-corrected chi connectivity index (χ4v) is 2.66. The Bertz CT molecular complexity index is 723. The molecule has 2 aromatic rings. The summed E-state index contributed by atoms with van der Waals surface area (Å²) in [5.41, 5.74) is 7.40. The van der Waals surface area contributed by atoms with Gasteiger partial charge in [-0.25, -0.2) is 4.79 Å². The molecule has 1 saturated heterocycles. The summed E-state index contributed by atoms with van der Waals surface area (Å²) >= 11 is 3.37. The maximum absolute atomic E-state index is 12.1. The van der Waals surface area contributed by atoms with Crippen molar-refractivity contribution in [3.05, 3.63) is 27.1 Å². The van der Waals surface area contributed by atoms with Crippen molar-refractivity contribution in [2.75, 3.05) is 18.5 Å². The summed E-state index contributed by atoms with van der Waals surface area (Å²) in [5.74, 6) is -0.546. The highest BCUT2D eigenvalue weighted by atomic mass is 79.9.